The number of imide groups is 2. The summed E-state index contributed by atoms with van der Waals surface area (Å²) in [7, 11) is 0. The highest BCUT2D eigenvalue weighted by Crippen LogP contribution is 2.17. The Morgan fingerprint density at radius 1 is 1.04 bits per heavy atom. The summed E-state index contributed by atoms with van der Waals surface area (Å²) < 4.78 is 5.40. The summed E-state index contributed by atoms with van der Waals surface area (Å²) in [5.41, 5.74) is 0.921. The summed E-state index contributed by atoms with van der Waals surface area (Å²) in [6.07, 6.45) is 1.34. The van der Waals surface area contributed by atoms with Gasteiger partial charge in [0.15, 0.2) is 6.61 Å². The standard InChI is InChI=1S/C19H14ClN3O5/c20-12-2-1-3-13(9-12)21-16(24)10-28-14-6-4-11(5-7-14)8-15-17(25)22-19(27)23-18(15)26/h1-9H,10H2,(H,21,24)(H2,22,23,25,26,27). The third kappa shape index (κ3) is 4.95. The molecule has 1 heterocycles. The van der Waals surface area contributed by atoms with Crippen LogP contribution in [-0.4, -0.2) is 30.4 Å². The maximum Gasteiger partial charge on any atom is 0.328 e. The largest absolute Gasteiger partial charge is 0.484 e. The maximum atomic E-state index is 11.9. The van der Waals surface area contributed by atoms with E-state index in [0.717, 1.165) is 0 Å². The molecule has 0 atom stereocenters. The van der Waals surface area contributed by atoms with Crippen LogP contribution in [-0.2, 0) is 14.4 Å². The van der Waals surface area contributed by atoms with Gasteiger partial charge in [0.25, 0.3) is 17.7 Å². The van der Waals surface area contributed by atoms with Crippen LogP contribution in [0.1, 0.15) is 5.56 Å². The van der Waals surface area contributed by atoms with Crippen molar-refractivity contribution in [2.45, 2.75) is 0 Å². The second kappa shape index (κ2) is 8.36. The Labute approximate surface area is 164 Å². The lowest BCUT2D eigenvalue weighted by atomic mass is 10.1. The molecule has 1 aliphatic heterocycles. The van der Waals surface area contributed by atoms with E-state index in [9.17, 15) is 19.2 Å². The summed E-state index contributed by atoms with van der Waals surface area (Å²) >= 11 is 5.86. The molecule has 0 radical (unpaired) electrons. The first-order valence-corrected chi connectivity index (χ1v) is 8.45. The Kier molecular flexibility index (Phi) is 5.71. The Hall–Kier alpha value is -3.65. The highest BCUT2D eigenvalue weighted by molar-refractivity contribution is 6.31. The van der Waals surface area contributed by atoms with E-state index in [1.807, 2.05) is 10.6 Å². The van der Waals surface area contributed by atoms with Crippen LogP contribution >= 0.6 is 11.6 Å². The second-order valence-electron chi connectivity index (χ2n) is 5.71. The minimum atomic E-state index is -0.855. The molecule has 0 aromatic heterocycles. The van der Waals surface area contributed by atoms with Crippen LogP contribution in [0.15, 0.2) is 54.1 Å². The van der Waals surface area contributed by atoms with E-state index in [0.29, 0.717) is 22.0 Å². The molecule has 1 aliphatic rings. The maximum absolute atomic E-state index is 11.9. The van der Waals surface area contributed by atoms with Crippen molar-refractivity contribution in [2.24, 2.45) is 0 Å². The number of hydrogen-bond acceptors (Lipinski definition) is 5. The highest BCUT2D eigenvalue weighted by atomic mass is 35.5. The molecule has 0 aliphatic carbocycles. The molecule has 0 unspecified atom stereocenters. The Morgan fingerprint density at radius 2 is 1.71 bits per heavy atom. The van der Waals surface area contributed by atoms with Gasteiger partial charge in [-0.1, -0.05) is 29.8 Å². The molecule has 8 nitrogen and oxygen atoms in total. The first kappa shape index (κ1) is 19.1. The molecule has 0 bridgehead atoms. The van der Waals surface area contributed by atoms with Gasteiger partial charge in [-0.25, -0.2) is 4.79 Å². The number of urea groups is 1. The first-order valence-electron chi connectivity index (χ1n) is 8.07. The van der Waals surface area contributed by atoms with E-state index in [2.05, 4.69) is 5.32 Å². The molecule has 2 aromatic carbocycles. The minimum absolute atomic E-state index is 0.186. The van der Waals surface area contributed by atoms with Crippen LogP contribution in [0.3, 0.4) is 0 Å². The van der Waals surface area contributed by atoms with Gasteiger partial charge in [0.1, 0.15) is 11.3 Å². The number of benzene rings is 2. The number of halogens is 1. The van der Waals surface area contributed by atoms with Crippen molar-refractivity contribution < 1.29 is 23.9 Å². The first-order chi connectivity index (χ1) is 13.4. The van der Waals surface area contributed by atoms with E-state index in [1.54, 1.807) is 48.5 Å². The predicted molar refractivity (Wildman–Crippen MR) is 102 cm³/mol. The molecule has 1 saturated heterocycles. The molecular weight excluding hydrogens is 386 g/mol. The fourth-order valence-corrected chi connectivity index (χ4v) is 2.54. The van der Waals surface area contributed by atoms with Crippen LogP contribution in [0.5, 0.6) is 5.75 Å². The lowest BCUT2D eigenvalue weighted by Crippen LogP contribution is -2.51. The lowest BCUT2D eigenvalue weighted by Gasteiger charge is -2.14. The molecule has 3 N–H and O–H groups in total. The van der Waals surface area contributed by atoms with Crippen LogP contribution in [0.25, 0.3) is 6.08 Å². The molecule has 1 fully saturated rings. The fraction of sp³-hybridized carbons (Fsp3) is 0.0526. The molecule has 2 aromatic rings. The number of carbonyl (C=O) groups is 4. The Morgan fingerprint density at radius 3 is 2.36 bits per heavy atom. The molecular formula is C19H14ClN3O5. The topological polar surface area (TPSA) is 114 Å². The normalized spacial score (nSPS) is 13.5. The minimum Gasteiger partial charge on any atom is -0.484 e. The van der Waals surface area contributed by atoms with Gasteiger partial charge in [0.05, 0.1) is 0 Å². The zero-order valence-electron chi connectivity index (χ0n) is 14.3. The number of barbiturate groups is 1. The third-order valence-corrected chi connectivity index (χ3v) is 3.85. The van der Waals surface area contributed by atoms with Crippen molar-refractivity contribution in [3.63, 3.8) is 0 Å². The fourth-order valence-electron chi connectivity index (χ4n) is 2.35. The molecule has 142 valence electrons. The van der Waals surface area contributed by atoms with E-state index in [4.69, 9.17) is 16.3 Å². The lowest BCUT2D eigenvalue weighted by molar-refractivity contribution is -0.124. The van der Waals surface area contributed by atoms with Crippen molar-refractivity contribution in [1.82, 2.24) is 10.6 Å². The summed E-state index contributed by atoms with van der Waals surface area (Å²) in [6.45, 7) is -0.208. The number of hydrogen-bond donors (Lipinski definition) is 3. The second-order valence-corrected chi connectivity index (χ2v) is 6.15. The summed E-state index contributed by atoms with van der Waals surface area (Å²) in [4.78, 5) is 46.4. The smallest absolute Gasteiger partial charge is 0.328 e. The number of nitrogens with one attached hydrogen (secondary N) is 3. The van der Waals surface area contributed by atoms with Crippen LogP contribution in [0, 0.1) is 0 Å². The molecule has 5 amide bonds. The van der Waals surface area contributed by atoms with Gasteiger partial charge >= 0.3 is 6.03 Å². The van der Waals surface area contributed by atoms with Gasteiger partial charge in [0, 0.05) is 10.7 Å². The molecule has 3 rings (SSSR count). The third-order valence-electron chi connectivity index (χ3n) is 3.61. The number of ether oxygens (including phenoxy) is 1. The van der Waals surface area contributed by atoms with E-state index >= 15 is 0 Å². The summed E-state index contributed by atoms with van der Waals surface area (Å²) in [6, 6.07) is 12.3. The molecule has 9 heteroatoms. The zero-order valence-corrected chi connectivity index (χ0v) is 15.1. The SMILES string of the molecule is O=C(COc1ccc(C=C2C(=O)NC(=O)NC2=O)cc1)Nc1cccc(Cl)c1. The van der Waals surface area contributed by atoms with Crippen molar-refractivity contribution in [3.05, 3.63) is 64.7 Å². The van der Waals surface area contributed by atoms with Gasteiger partial charge in [-0.3, -0.25) is 25.0 Å². The van der Waals surface area contributed by atoms with Crippen LogP contribution in [0.2, 0.25) is 5.02 Å². The van der Waals surface area contributed by atoms with Crippen molar-refractivity contribution >= 4 is 47.1 Å². The van der Waals surface area contributed by atoms with Gasteiger partial charge in [0.2, 0.25) is 0 Å². The van der Waals surface area contributed by atoms with Crippen LogP contribution < -0.4 is 20.7 Å². The molecule has 0 saturated carbocycles. The van der Waals surface area contributed by atoms with Gasteiger partial charge in [-0.15, -0.1) is 0 Å². The van der Waals surface area contributed by atoms with Gasteiger partial charge < -0.3 is 10.1 Å². The van der Waals surface area contributed by atoms with Gasteiger partial charge in [-0.05, 0) is 42.0 Å². The molecule has 28 heavy (non-hydrogen) atoms. The number of carbonyl (C=O) groups excluding carboxylic acids is 4. The van der Waals surface area contributed by atoms with E-state index in [-0.39, 0.29) is 18.1 Å². The van der Waals surface area contributed by atoms with Crippen molar-refractivity contribution in [1.29, 1.82) is 0 Å². The number of rotatable bonds is 5. The number of anilines is 1. The van der Waals surface area contributed by atoms with Crippen LogP contribution in [0.4, 0.5) is 10.5 Å². The average molecular weight is 400 g/mol. The van der Waals surface area contributed by atoms with E-state index < -0.39 is 17.8 Å². The highest BCUT2D eigenvalue weighted by Gasteiger charge is 2.27. The van der Waals surface area contributed by atoms with E-state index in [1.165, 1.54) is 6.08 Å². The monoisotopic (exact) mass is 399 g/mol. The zero-order chi connectivity index (χ0) is 20.1. The van der Waals surface area contributed by atoms with Crippen molar-refractivity contribution in [2.75, 3.05) is 11.9 Å². The Bertz CT molecular complexity index is 963. The molecule has 0 spiro atoms. The predicted octanol–water partition coefficient (Wildman–Crippen LogP) is 2.11. The van der Waals surface area contributed by atoms with Gasteiger partial charge in [-0.2, -0.15) is 0 Å². The Balaban J connectivity index is 1.58. The number of amides is 5. The average Bonchev–Trinajstić information content (AvgIpc) is 2.64. The summed E-state index contributed by atoms with van der Waals surface area (Å²) in [5, 5.41) is 7.15. The van der Waals surface area contributed by atoms with Crippen molar-refractivity contribution in [3.8, 4) is 5.75 Å². The quantitative estimate of drug-likeness (QED) is 0.526. The summed E-state index contributed by atoms with van der Waals surface area (Å²) in [5.74, 6) is -1.47.